The minimum Gasteiger partial charge on any atom is -0.148 e. The second-order valence-corrected chi connectivity index (χ2v) is 12.1. The van der Waals surface area contributed by atoms with Gasteiger partial charge in [0, 0.05) is 21.3 Å². The Bertz CT molecular complexity index is 944. The number of thioether (sulfide) groups is 1. The van der Waals surface area contributed by atoms with Crippen LogP contribution in [0.1, 0.15) is 61.8 Å². The summed E-state index contributed by atoms with van der Waals surface area (Å²) in [6, 6.07) is 43.9. The van der Waals surface area contributed by atoms with Crippen molar-refractivity contribution >= 4 is 11.8 Å². The molecule has 0 spiro atoms. The van der Waals surface area contributed by atoms with E-state index in [1.807, 2.05) is 0 Å². The molecular weight excluding hydrogens is 416 g/mol. The maximum Gasteiger partial charge on any atom is 0.0231 e. The quantitative estimate of drug-likeness (QED) is 0.258. The Morgan fingerprint density at radius 2 is 0.606 bits per heavy atom. The van der Waals surface area contributed by atoms with Crippen LogP contribution in [0, 0.1) is 0 Å². The lowest BCUT2D eigenvalue weighted by Gasteiger charge is -2.44. The molecule has 0 heterocycles. The average molecular weight is 451 g/mol. The normalized spacial score (nSPS) is 12.3. The number of benzene rings is 4. The first-order chi connectivity index (χ1) is 15.9. The van der Waals surface area contributed by atoms with Crippen molar-refractivity contribution in [2.24, 2.45) is 0 Å². The Kier molecular flexibility index (Phi) is 7.10. The van der Waals surface area contributed by atoms with Crippen molar-refractivity contribution in [3.05, 3.63) is 144 Å². The van der Waals surface area contributed by atoms with Crippen molar-refractivity contribution in [3.63, 3.8) is 0 Å². The molecule has 168 valence electrons. The van der Waals surface area contributed by atoms with Crippen molar-refractivity contribution in [3.8, 4) is 0 Å². The molecule has 0 nitrogen and oxygen atoms in total. The second kappa shape index (κ2) is 10.0. The monoisotopic (exact) mass is 450 g/mol. The molecule has 0 saturated carbocycles. The molecule has 0 aliphatic heterocycles. The van der Waals surface area contributed by atoms with E-state index in [2.05, 4.69) is 161 Å². The molecule has 0 aliphatic carbocycles. The van der Waals surface area contributed by atoms with Crippen molar-refractivity contribution in [2.45, 2.75) is 49.0 Å². The van der Waals surface area contributed by atoms with Gasteiger partial charge < -0.3 is 0 Å². The fourth-order valence-corrected chi connectivity index (χ4v) is 7.50. The van der Waals surface area contributed by atoms with Gasteiger partial charge in [0.15, 0.2) is 0 Å². The molecule has 0 unspecified atom stereocenters. The van der Waals surface area contributed by atoms with Crippen LogP contribution in [0.25, 0.3) is 0 Å². The van der Waals surface area contributed by atoms with E-state index in [1.165, 1.54) is 22.3 Å². The van der Waals surface area contributed by atoms with E-state index < -0.39 is 0 Å². The molecule has 0 radical (unpaired) electrons. The lowest BCUT2D eigenvalue weighted by atomic mass is 9.81. The molecule has 0 amide bonds. The van der Waals surface area contributed by atoms with E-state index in [-0.39, 0.29) is 21.3 Å². The van der Waals surface area contributed by atoms with Crippen LogP contribution in [-0.4, -0.2) is 9.49 Å². The van der Waals surface area contributed by atoms with Crippen LogP contribution in [0.2, 0.25) is 0 Å². The molecule has 0 atom stereocenters. The third-order valence-corrected chi connectivity index (χ3v) is 7.97. The summed E-state index contributed by atoms with van der Waals surface area (Å²) in [7, 11) is 0. The highest BCUT2D eigenvalue weighted by molar-refractivity contribution is 8.02. The first-order valence-electron chi connectivity index (χ1n) is 11.8. The van der Waals surface area contributed by atoms with Gasteiger partial charge in [0.2, 0.25) is 0 Å². The molecule has 0 bridgehead atoms. The molecule has 4 aromatic carbocycles. The van der Waals surface area contributed by atoms with Gasteiger partial charge in [-0.15, -0.1) is 11.8 Å². The van der Waals surface area contributed by atoms with E-state index in [0.717, 1.165) is 0 Å². The lowest BCUT2D eigenvalue weighted by molar-refractivity contribution is 0.569. The Labute approximate surface area is 204 Å². The molecule has 0 N–H and O–H groups in total. The van der Waals surface area contributed by atoms with Crippen molar-refractivity contribution < 1.29 is 0 Å². The van der Waals surface area contributed by atoms with Crippen LogP contribution in [0.4, 0.5) is 0 Å². The highest BCUT2D eigenvalue weighted by atomic mass is 32.2. The van der Waals surface area contributed by atoms with Gasteiger partial charge in [-0.1, -0.05) is 121 Å². The molecule has 0 fully saturated rings. The summed E-state index contributed by atoms with van der Waals surface area (Å²) in [6.45, 7) is 9.66. The first-order valence-corrected chi connectivity index (χ1v) is 12.6. The molecule has 33 heavy (non-hydrogen) atoms. The molecular formula is C32H34S. The maximum absolute atomic E-state index is 2.41. The third-order valence-electron chi connectivity index (χ3n) is 6.45. The minimum atomic E-state index is -0.0337. The number of rotatable bonds is 8. The van der Waals surface area contributed by atoms with Gasteiger partial charge in [-0.25, -0.2) is 0 Å². The van der Waals surface area contributed by atoms with Gasteiger partial charge >= 0.3 is 0 Å². The van der Waals surface area contributed by atoms with Crippen LogP contribution in [-0.2, 0) is 0 Å². The summed E-state index contributed by atoms with van der Waals surface area (Å²) in [5.74, 6) is 0.577. The van der Waals surface area contributed by atoms with Crippen molar-refractivity contribution in [1.82, 2.24) is 0 Å². The van der Waals surface area contributed by atoms with Gasteiger partial charge in [-0.3, -0.25) is 0 Å². The zero-order chi connectivity index (χ0) is 23.3. The summed E-state index contributed by atoms with van der Waals surface area (Å²) < 4.78 is -0.0674. The number of hydrogen-bond donors (Lipinski definition) is 0. The Morgan fingerprint density at radius 3 is 0.818 bits per heavy atom. The zero-order valence-corrected chi connectivity index (χ0v) is 20.9. The fourth-order valence-electron chi connectivity index (χ4n) is 5.37. The molecule has 0 aromatic heterocycles. The van der Waals surface area contributed by atoms with Gasteiger partial charge in [-0.2, -0.15) is 0 Å². The fraction of sp³-hybridized carbons (Fsp3) is 0.250. The smallest absolute Gasteiger partial charge is 0.0231 e. The first kappa shape index (κ1) is 23.4. The summed E-state index contributed by atoms with van der Waals surface area (Å²) in [5.41, 5.74) is 5.47. The largest absolute Gasteiger partial charge is 0.148 e. The predicted molar refractivity (Wildman–Crippen MR) is 145 cm³/mol. The minimum absolute atomic E-state index is 0.0337. The zero-order valence-electron chi connectivity index (χ0n) is 20.1. The van der Waals surface area contributed by atoms with E-state index in [0.29, 0.717) is 0 Å². The van der Waals surface area contributed by atoms with Crippen LogP contribution in [0.15, 0.2) is 121 Å². The van der Waals surface area contributed by atoms with E-state index in [1.54, 1.807) is 0 Å². The summed E-state index contributed by atoms with van der Waals surface area (Å²) in [6.07, 6.45) is 0. The Balaban J connectivity index is 1.76. The second-order valence-electron chi connectivity index (χ2n) is 9.82. The Hall–Kier alpha value is -2.77. The molecule has 0 aliphatic rings. The summed E-state index contributed by atoms with van der Waals surface area (Å²) in [5, 5.41) is 0. The Morgan fingerprint density at radius 1 is 0.394 bits per heavy atom. The van der Waals surface area contributed by atoms with E-state index >= 15 is 0 Å². The van der Waals surface area contributed by atoms with Gasteiger partial charge in [-0.05, 0) is 49.9 Å². The summed E-state index contributed by atoms with van der Waals surface area (Å²) in [4.78, 5) is 0. The van der Waals surface area contributed by atoms with Gasteiger partial charge in [0.05, 0.1) is 0 Å². The van der Waals surface area contributed by atoms with Crippen LogP contribution in [0.5, 0.6) is 0 Å². The van der Waals surface area contributed by atoms with Crippen LogP contribution in [0.3, 0.4) is 0 Å². The highest BCUT2D eigenvalue weighted by Gasteiger charge is 2.42. The topological polar surface area (TPSA) is 0 Å². The van der Waals surface area contributed by atoms with Gasteiger partial charge in [0.1, 0.15) is 0 Å². The molecule has 4 aromatic rings. The highest BCUT2D eigenvalue weighted by Crippen LogP contribution is 2.53. The van der Waals surface area contributed by atoms with Crippen molar-refractivity contribution in [2.75, 3.05) is 0 Å². The molecule has 4 rings (SSSR count). The van der Waals surface area contributed by atoms with E-state index in [4.69, 9.17) is 0 Å². The number of hydrogen-bond acceptors (Lipinski definition) is 1. The van der Waals surface area contributed by atoms with Crippen LogP contribution >= 0.6 is 11.8 Å². The maximum atomic E-state index is 2.41. The summed E-state index contributed by atoms with van der Waals surface area (Å²) >= 11 is 2.10. The SMILES string of the molecule is CC(C)(SC(C)(C)C(c1ccccc1)c1ccccc1)C(c1ccccc1)c1ccccc1. The predicted octanol–water partition coefficient (Wildman–Crippen LogP) is 8.94. The third kappa shape index (κ3) is 5.42. The van der Waals surface area contributed by atoms with Gasteiger partial charge in [0.25, 0.3) is 0 Å². The lowest BCUT2D eigenvalue weighted by Crippen LogP contribution is -2.36. The molecule has 1 heteroatoms. The molecule has 0 saturated heterocycles. The standard InChI is InChI=1S/C32H34S/c1-31(2,29(25-17-9-5-10-18-25)26-19-11-6-12-20-26)33-32(3,4)30(27-21-13-7-14-22-27)28-23-15-8-16-24-28/h5-24,29-30H,1-4H3. The van der Waals surface area contributed by atoms with Crippen LogP contribution < -0.4 is 0 Å². The van der Waals surface area contributed by atoms with E-state index in [9.17, 15) is 0 Å². The average Bonchev–Trinajstić information content (AvgIpc) is 2.81. The van der Waals surface area contributed by atoms with Crippen molar-refractivity contribution in [1.29, 1.82) is 0 Å².